The van der Waals surface area contributed by atoms with Crippen LogP contribution in [0.1, 0.15) is 451 Å². The molecule has 3 aliphatic carbocycles. The van der Waals surface area contributed by atoms with Gasteiger partial charge in [-0.3, -0.25) is 19.2 Å². The molecule has 6 unspecified atom stereocenters. The molecule has 0 spiro atoms. The molecule has 552 valence electrons. The lowest BCUT2D eigenvalue weighted by molar-refractivity contribution is -0.125. The molecule has 94 heavy (non-hydrogen) atoms. The highest BCUT2D eigenvalue weighted by Crippen LogP contribution is 2.47. The van der Waals surface area contributed by atoms with Gasteiger partial charge in [-0.2, -0.15) is 0 Å². The number of carbonyl (C=O) groups excluding carboxylic acids is 4. The van der Waals surface area contributed by atoms with Crippen LogP contribution >= 0.6 is 0 Å². The first-order valence-electron chi connectivity index (χ1n) is 42.6. The Kier molecular flexibility index (Phi) is 55.6. The molecule has 0 saturated heterocycles. The molecule has 0 heterocycles. The van der Waals surface area contributed by atoms with Crippen molar-refractivity contribution in [2.24, 2.45) is 23.7 Å². The lowest BCUT2D eigenvalue weighted by atomic mass is 9.63. The zero-order chi connectivity index (χ0) is 67.6. The summed E-state index contributed by atoms with van der Waals surface area (Å²) in [6, 6.07) is 0.187. The fourth-order valence-corrected chi connectivity index (χ4v) is 16.8. The van der Waals surface area contributed by atoms with Crippen LogP contribution in [0.5, 0.6) is 0 Å². The van der Waals surface area contributed by atoms with Crippen molar-refractivity contribution in [1.82, 2.24) is 21.3 Å². The number of rotatable bonds is 64. The first-order valence-corrected chi connectivity index (χ1v) is 42.6. The van der Waals surface area contributed by atoms with Crippen LogP contribution in [-0.2, 0) is 19.2 Å². The second-order valence-electron chi connectivity index (χ2n) is 31.5. The van der Waals surface area contributed by atoms with Crippen molar-refractivity contribution in [1.29, 1.82) is 0 Å². The maximum atomic E-state index is 13.4. The summed E-state index contributed by atoms with van der Waals surface area (Å²) in [5.74, 6) is 3.99. The van der Waals surface area contributed by atoms with E-state index in [1.807, 2.05) is 0 Å². The molecule has 0 aromatic carbocycles. The van der Waals surface area contributed by atoms with Gasteiger partial charge in [0.25, 0.3) is 0 Å². The highest BCUT2D eigenvalue weighted by Gasteiger charge is 2.36. The summed E-state index contributed by atoms with van der Waals surface area (Å²) in [5, 5.41) is 34.0. The van der Waals surface area contributed by atoms with Crippen LogP contribution < -0.4 is 21.3 Å². The number of carbonyl (C=O) groups is 4. The molecule has 0 aliphatic heterocycles. The summed E-state index contributed by atoms with van der Waals surface area (Å²) in [5.41, 5.74) is 0. The molecule has 0 bridgehead atoms. The Balaban J connectivity index is 1.38. The molecule has 10 atom stereocenters. The average Bonchev–Trinajstić information content (AvgIpc) is 0.930. The van der Waals surface area contributed by atoms with Gasteiger partial charge in [-0.05, 0) is 114 Å². The topological polar surface area (TPSA) is 157 Å². The minimum atomic E-state index is -0.114. The third-order valence-electron chi connectivity index (χ3n) is 22.9. The molecule has 0 radical (unpaired) electrons. The second-order valence-corrected chi connectivity index (χ2v) is 31.5. The predicted molar refractivity (Wildman–Crippen MR) is 401 cm³/mol. The van der Waals surface area contributed by atoms with E-state index in [9.17, 15) is 29.4 Å². The standard InChI is InChI=1S/C84H160N4O6/c1-5-9-13-17-27-37-53-71-69-73(55-39-33-35-47-67-83(93)87-79-63-51-49-61-77(79)85-81(91)65-45-31-25-21-19-23-29-43-59-75(89)57-41-15-11-7-3)74(70-72(71)54-38-28-18-14-10-6-2)56-40-34-36-48-68-84(94)88-80-64-52-50-62-78(80)86-82(92)66-46-32-26-22-20-24-30-44-60-76(90)58-42-16-12-8-4/h71-80,89-90H,5-70H2,1-4H3,(H,85,91)(H,86,92)(H,87,93)(H,88,94)/t71?,72?,73?,74?,75?,76?,77-,78+,79+,80-. The maximum Gasteiger partial charge on any atom is 0.220 e. The van der Waals surface area contributed by atoms with Gasteiger partial charge >= 0.3 is 0 Å². The number of amides is 4. The summed E-state index contributed by atoms with van der Waals surface area (Å²) in [6.45, 7) is 9.11. The number of aliphatic hydroxyl groups excluding tert-OH is 2. The van der Waals surface area contributed by atoms with Crippen molar-refractivity contribution in [3.63, 3.8) is 0 Å². The largest absolute Gasteiger partial charge is 0.393 e. The van der Waals surface area contributed by atoms with Crippen LogP contribution in [0.15, 0.2) is 0 Å². The highest BCUT2D eigenvalue weighted by atomic mass is 16.3. The fourth-order valence-electron chi connectivity index (χ4n) is 16.8. The molecule has 3 rings (SSSR count). The van der Waals surface area contributed by atoms with E-state index in [1.165, 1.54) is 244 Å². The van der Waals surface area contributed by atoms with Crippen molar-refractivity contribution >= 4 is 23.6 Å². The first kappa shape index (κ1) is 86.0. The third-order valence-corrected chi connectivity index (χ3v) is 22.9. The van der Waals surface area contributed by atoms with Gasteiger partial charge in [-0.1, -0.05) is 336 Å². The van der Waals surface area contributed by atoms with Crippen LogP contribution in [-0.4, -0.2) is 70.2 Å². The lowest BCUT2D eigenvalue weighted by Gasteiger charge is -2.42. The van der Waals surface area contributed by atoms with Gasteiger partial charge in [-0.15, -0.1) is 0 Å². The third kappa shape index (κ3) is 46.2. The Bertz CT molecular complexity index is 1640. The summed E-state index contributed by atoms with van der Waals surface area (Å²) in [6.07, 6.45) is 76.6. The van der Waals surface area contributed by atoms with Crippen molar-refractivity contribution in [2.45, 2.75) is 488 Å². The number of hydrogen-bond acceptors (Lipinski definition) is 6. The number of hydrogen-bond donors (Lipinski definition) is 6. The van der Waals surface area contributed by atoms with Crippen molar-refractivity contribution < 1.29 is 29.4 Å². The van der Waals surface area contributed by atoms with Gasteiger partial charge in [-0.25, -0.2) is 0 Å². The molecular formula is C84H160N4O6. The Morgan fingerprint density at radius 1 is 0.266 bits per heavy atom. The highest BCUT2D eigenvalue weighted by molar-refractivity contribution is 5.78. The van der Waals surface area contributed by atoms with E-state index in [0.29, 0.717) is 25.7 Å². The van der Waals surface area contributed by atoms with Crippen LogP contribution in [0.4, 0.5) is 0 Å². The van der Waals surface area contributed by atoms with Crippen LogP contribution in [0, 0.1) is 23.7 Å². The van der Waals surface area contributed by atoms with E-state index >= 15 is 0 Å². The van der Waals surface area contributed by atoms with E-state index < -0.39 is 0 Å². The van der Waals surface area contributed by atoms with Crippen molar-refractivity contribution in [3.8, 4) is 0 Å². The van der Waals surface area contributed by atoms with Crippen molar-refractivity contribution in [3.05, 3.63) is 0 Å². The van der Waals surface area contributed by atoms with E-state index in [4.69, 9.17) is 0 Å². The van der Waals surface area contributed by atoms with Gasteiger partial charge in [0.15, 0.2) is 0 Å². The monoisotopic (exact) mass is 1320 g/mol. The SMILES string of the molecule is CCCCCCCCC1CC(CCCCCCC(=O)N[C@H]2CCCC[C@H]2NC(=O)CCCCCCCCCCC(O)CCCCCC)C(CCCCCCC(=O)N[C@@H]2CCCC[C@@H]2NC(=O)CCCCCCCCCCC(O)CCCCCC)CC1CCCCCCCC. The Morgan fingerprint density at radius 2 is 0.447 bits per heavy atom. The molecule has 10 heteroatoms. The zero-order valence-electron chi connectivity index (χ0n) is 63.0. The summed E-state index contributed by atoms with van der Waals surface area (Å²) in [4.78, 5) is 53.1. The number of unbranched alkanes of at least 4 members (excludes halogenated alkanes) is 36. The van der Waals surface area contributed by atoms with E-state index in [0.717, 1.165) is 178 Å². The van der Waals surface area contributed by atoms with Gasteiger partial charge in [0.1, 0.15) is 0 Å². The Hall–Kier alpha value is -2.20. The molecule has 6 N–H and O–H groups in total. The van der Waals surface area contributed by atoms with Crippen LogP contribution in [0.25, 0.3) is 0 Å². The summed E-state index contributed by atoms with van der Waals surface area (Å²) >= 11 is 0. The number of aliphatic hydroxyl groups is 2. The second kappa shape index (κ2) is 60.7. The first-order chi connectivity index (χ1) is 46.1. The molecule has 3 saturated carbocycles. The van der Waals surface area contributed by atoms with Gasteiger partial charge in [0.2, 0.25) is 23.6 Å². The quantitative estimate of drug-likeness (QED) is 0.0333. The Morgan fingerprint density at radius 3 is 0.670 bits per heavy atom. The minimum absolute atomic E-state index is 0.0458. The summed E-state index contributed by atoms with van der Waals surface area (Å²) < 4.78 is 0. The van der Waals surface area contributed by atoms with Crippen LogP contribution in [0.2, 0.25) is 0 Å². The zero-order valence-corrected chi connectivity index (χ0v) is 63.0. The molecule has 0 aromatic rings. The molecule has 10 nitrogen and oxygen atoms in total. The Labute approximate surface area is 582 Å². The molecule has 3 aliphatic rings. The average molecular weight is 1320 g/mol. The fraction of sp³-hybridized carbons (Fsp3) is 0.952. The smallest absolute Gasteiger partial charge is 0.220 e. The minimum Gasteiger partial charge on any atom is -0.393 e. The molecular weight excluding hydrogens is 1160 g/mol. The van der Waals surface area contributed by atoms with Gasteiger partial charge in [0, 0.05) is 49.9 Å². The van der Waals surface area contributed by atoms with E-state index in [-0.39, 0.29) is 60.0 Å². The van der Waals surface area contributed by atoms with E-state index in [1.54, 1.807) is 0 Å². The van der Waals surface area contributed by atoms with Crippen molar-refractivity contribution in [2.75, 3.05) is 0 Å². The molecule has 0 aromatic heterocycles. The van der Waals surface area contributed by atoms with E-state index in [2.05, 4.69) is 49.0 Å². The van der Waals surface area contributed by atoms with Gasteiger partial charge in [0.05, 0.1) is 12.2 Å². The molecule has 3 fully saturated rings. The normalized spacial score (nSPS) is 21.4. The van der Waals surface area contributed by atoms with Crippen LogP contribution in [0.3, 0.4) is 0 Å². The predicted octanol–water partition coefficient (Wildman–Crippen LogP) is 23.0. The number of nitrogens with one attached hydrogen (secondary N) is 4. The summed E-state index contributed by atoms with van der Waals surface area (Å²) in [7, 11) is 0. The maximum absolute atomic E-state index is 13.4. The lowest BCUT2D eigenvalue weighted by Crippen LogP contribution is -2.53. The van der Waals surface area contributed by atoms with Gasteiger partial charge < -0.3 is 31.5 Å². The molecule has 4 amide bonds.